The molecule has 2 aliphatic heterocycles. The Morgan fingerprint density at radius 1 is 1.04 bits per heavy atom. The highest BCUT2D eigenvalue weighted by molar-refractivity contribution is 5.85. The molecule has 4 rings (SSSR count). The Morgan fingerprint density at radius 2 is 1.70 bits per heavy atom. The first-order valence-corrected chi connectivity index (χ1v) is 9.28. The maximum absolute atomic E-state index is 12.8. The zero-order valence-corrected chi connectivity index (χ0v) is 16.8. The van der Waals surface area contributed by atoms with E-state index in [1.54, 1.807) is 6.20 Å². The topological polar surface area (TPSA) is 54.0 Å². The molecule has 0 saturated carbocycles. The van der Waals surface area contributed by atoms with Crippen LogP contribution < -0.4 is 10.6 Å². The van der Waals surface area contributed by atoms with Crippen molar-refractivity contribution in [2.45, 2.75) is 50.2 Å². The van der Waals surface area contributed by atoms with Gasteiger partial charge in [0.1, 0.15) is 0 Å². The number of amides is 1. The number of aromatic nitrogens is 1. The number of rotatable bonds is 5. The third-order valence-electron chi connectivity index (χ3n) is 5.50. The Kier molecular flexibility index (Phi) is 8.08. The highest BCUT2D eigenvalue weighted by Crippen LogP contribution is 2.33. The first-order chi connectivity index (χ1) is 12.3. The summed E-state index contributed by atoms with van der Waals surface area (Å²) in [7, 11) is 0. The molecule has 2 aromatic rings. The number of carbonyl (C=O) groups is 1. The normalized spacial score (nSPS) is 24.2. The van der Waals surface area contributed by atoms with Gasteiger partial charge in [0.2, 0.25) is 5.91 Å². The van der Waals surface area contributed by atoms with Crippen molar-refractivity contribution in [1.29, 1.82) is 0 Å². The maximum atomic E-state index is 12.8. The zero-order valence-electron chi connectivity index (χ0n) is 15.2. The molecule has 4 nitrogen and oxygen atoms in total. The SMILES string of the molecule is Cl.Cl.O=C(CC1CC2CCC(C1)N2)NC(c1ccccc1)c1cccnc1. The fourth-order valence-corrected chi connectivity index (χ4v) is 4.38. The molecule has 1 amide bonds. The van der Waals surface area contributed by atoms with Gasteiger partial charge in [-0.15, -0.1) is 24.8 Å². The molecule has 2 N–H and O–H groups in total. The highest BCUT2D eigenvalue weighted by atomic mass is 35.5. The van der Waals surface area contributed by atoms with Gasteiger partial charge in [-0.2, -0.15) is 0 Å². The van der Waals surface area contributed by atoms with Crippen molar-refractivity contribution in [2.24, 2.45) is 5.92 Å². The van der Waals surface area contributed by atoms with E-state index in [0.717, 1.165) is 24.0 Å². The largest absolute Gasteiger partial charge is 0.345 e. The minimum atomic E-state index is -0.138. The third kappa shape index (κ3) is 5.44. The summed E-state index contributed by atoms with van der Waals surface area (Å²) in [5, 5.41) is 6.89. The van der Waals surface area contributed by atoms with E-state index in [1.807, 2.05) is 36.5 Å². The van der Waals surface area contributed by atoms with Crippen molar-refractivity contribution >= 4 is 30.7 Å². The van der Waals surface area contributed by atoms with Gasteiger partial charge < -0.3 is 10.6 Å². The molecule has 27 heavy (non-hydrogen) atoms. The summed E-state index contributed by atoms with van der Waals surface area (Å²) in [6.45, 7) is 0. The molecule has 2 saturated heterocycles. The number of hydrogen-bond acceptors (Lipinski definition) is 3. The van der Waals surface area contributed by atoms with Crippen molar-refractivity contribution in [3.8, 4) is 0 Å². The summed E-state index contributed by atoms with van der Waals surface area (Å²) in [5.74, 6) is 0.646. The molecule has 3 atom stereocenters. The van der Waals surface area contributed by atoms with E-state index < -0.39 is 0 Å². The molecule has 2 bridgehead atoms. The number of fused-ring (bicyclic) bond motifs is 2. The third-order valence-corrected chi connectivity index (χ3v) is 5.50. The first-order valence-electron chi connectivity index (χ1n) is 9.28. The number of halogens is 2. The zero-order chi connectivity index (χ0) is 17.1. The quantitative estimate of drug-likeness (QED) is 0.785. The van der Waals surface area contributed by atoms with E-state index in [4.69, 9.17) is 0 Å². The molecule has 2 fully saturated rings. The number of benzene rings is 1. The van der Waals surface area contributed by atoms with Gasteiger partial charge in [0, 0.05) is 30.9 Å². The lowest BCUT2D eigenvalue weighted by Crippen LogP contribution is -2.40. The Labute approximate surface area is 173 Å². The second-order valence-corrected chi connectivity index (χ2v) is 7.38. The summed E-state index contributed by atoms with van der Waals surface area (Å²) in [6, 6.07) is 15.2. The van der Waals surface area contributed by atoms with Gasteiger partial charge in [-0.25, -0.2) is 0 Å². The molecule has 3 unspecified atom stereocenters. The van der Waals surface area contributed by atoms with Crippen LogP contribution in [0, 0.1) is 5.92 Å². The minimum absolute atomic E-state index is 0. The van der Waals surface area contributed by atoms with Crippen LogP contribution in [0.2, 0.25) is 0 Å². The van der Waals surface area contributed by atoms with Crippen molar-refractivity contribution in [2.75, 3.05) is 0 Å². The lowest BCUT2D eigenvalue weighted by molar-refractivity contribution is -0.122. The number of piperidine rings is 1. The van der Waals surface area contributed by atoms with Crippen LogP contribution in [0.3, 0.4) is 0 Å². The summed E-state index contributed by atoms with van der Waals surface area (Å²) >= 11 is 0. The van der Waals surface area contributed by atoms with Crippen molar-refractivity contribution in [3.63, 3.8) is 0 Å². The molecule has 2 aliphatic rings. The second kappa shape index (κ2) is 10.1. The number of nitrogens with one attached hydrogen (secondary N) is 2. The highest BCUT2D eigenvalue weighted by Gasteiger charge is 2.34. The Balaban J connectivity index is 0.00000131. The van der Waals surface area contributed by atoms with Crippen LogP contribution in [0.4, 0.5) is 0 Å². The molecule has 0 radical (unpaired) electrons. The monoisotopic (exact) mass is 407 g/mol. The predicted molar refractivity (Wildman–Crippen MR) is 112 cm³/mol. The van der Waals surface area contributed by atoms with Crippen LogP contribution in [0.15, 0.2) is 54.9 Å². The predicted octanol–water partition coefficient (Wildman–Crippen LogP) is 4.05. The van der Waals surface area contributed by atoms with E-state index in [0.29, 0.717) is 24.4 Å². The summed E-state index contributed by atoms with van der Waals surface area (Å²) in [4.78, 5) is 17.0. The maximum Gasteiger partial charge on any atom is 0.221 e. The van der Waals surface area contributed by atoms with E-state index in [-0.39, 0.29) is 36.8 Å². The van der Waals surface area contributed by atoms with Gasteiger partial charge in [0.15, 0.2) is 0 Å². The van der Waals surface area contributed by atoms with Crippen LogP contribution >= 0.6 is 24.8 Å². The Morgan fingerprint density at radius 3 is 2.33 bits per heavy atom. The average Bonchev–Trinajstić information content (AvgIpc) is 2.99. The molecule has 1 aromatic carbocycles. The molecule has 146 valence electrons. The van der Waals surface area contributed by atoms with E-state index >= 15 is 0 Å². The fraction of sp³-hybridized carbons (Fsp3) is 0.429. The molecule has 6 heteroatoms. The molecule has 0 aliphatic carbocycles. The van der Waals surface area contributed by atoms with Crippen LogP contribution in [0.25, 0.3) is 0 Å². The van der Waals surface area contributed by atoms with Gasteiger partial charge in [-0.05, 0) is 48.8 Å². The first kappa shape index (κ1) is 21.7. The standard InChI is InChI=1S/C21H25N3O.2ClH/c25-20(13-15-11-18-8-9-19(12-15)23-18)24-21(16-5-2-1-3-6-16)17-7-4-10-22-14-17;;/h1-7,10,14-15,18-19,21,23H,8-9,11-13H2,(H,24,25);2*1H. The van der Waals surface area contributed by atoms with Gasteiger partial charge >= 0.3 is 0 Å². The van der Waals surface area contributed by atoms with Crippen molar-refractivity contribution in [3.05, 3.63) is 66.0 Å². The van der Waals surface area contributed by atoms with Crippen LogP contribution in [-0.2, 0) is 4.79 Å². The molecular weight excluding hydrogens is 381 g/mol. The molecule has 1 aromatic heterocycles. The molecule has 3 heterocycles. The molecule has 0 spiro atoms. The van der Waals surface area contributed by atoms with Gasteiger partial charge in [0.05, 0.1) is 6.04 Å². The van der Waals surface area contributed by atoms with Gasteiger partial charge in [-0.3, -0.25) is 9.78 Å². The van der Waals surface area contributed by atoms with Crippen molar-refractivity contribution in [1.82, 2.24) is 15.6 Å². The number of carbonyl (C=O) groups excluding carboxylic acids is 1. The summed E-state index contributed by atoms with van der Waals surface area (Å²) in [5.41, 5.74) is 2.11. The van der Waals surface area contributed by atoms with Gasteiger partial charge in [-0.1, -0.05) is 36.4 Å². The summed E-state index contributed by atoms with van der Waals surface area (Å²) in [6.07, 6.45) is 9.02. The van der Waals surface area contributed by atoms with Crippen molar-refractivity contribution < 1.29 is 4.79 Å². The Bertz CT molecular complexity index is 662. The second-order valence-electron chi connectivity index (χ2n) is 7.38. The van der Waals surface area contributed by atoms with E-state index in [2.05, 4.69) is 27.8 Å². The van der Waals surface area contributed by atoms with E-state index in [1.165, 1.54) is 12.8 Å². The van der Waals surface area contributed by atoms with Crippen LogP contribution in [-0.4, -0.2) is 23.0 Å². The van der Waals surface area contributed by atoms with E-state index in [9.17, 15) is 4.79 Å². The van der Waals surface area contributed by atoms with Gasteiger partial charge in [0.25, 0.3) is 0 Å². The average molecular weight is 408 g/mol. The number of hydrogen-bond donors (Lipinski definition) is 2. The summed E-state index contributed by atoms with van der Waals surface area (Å²) < 4.78 is 0. The lowest BCUT2D eigenvalue weighted by Gasteiger charge is -2.29. The number of pyridine rings is 1. The fourth-order valence-electron chi connectivity index (χ4n) is 4.38. The minimum Gasteiger partial charge on any atom is -0.345 e. The lowest BCUT2D eigenvalue weighted by atomic mass is 9.89. The van der Waals surface area contributed by atoms with Crippen LogP contribution in [0.1, 0.15) is 49.3 Å². The number of nitrogens with zero attached hydrogens (tertiary/aromatic N) is 1. The smallest absolute Gasteiger partial charge is 0.221 e. The van der Waals surface area contributed by atoms with Crippen LogP contribution in [0.5, 0.6) is 0 Å². The molecular formula is C21H27Cl2N3O. The Hall–Kier alpha value is -1.62.